The van der Waals surface area contributed by atoms with Crippen molar-refractivity contribution < 1.29 is 27.5 Å². The maximum Gasteiger partial charge on any atom is 0.254 e. The number of piperidine rings is 1. The van der Waals surface area contributed by atoms with Crippen molar-refractivity contribution in [2.24, 2.45) is 0 Å². The minimum absolute atomic E-state index is 0.0334. The second-order valence-electron chi connectivity index (χ2n) is 6.30. The van der Waals surface area contributed by atoms with Crippen LogP contribution in [0.3, 0.4) is 0 Å². The normalized spacial score (nSPS) is 21.4. The van der Waals surface area contributed by atoms with Crippen molar-refractivity contribution in [1.29, 1.82) is 0 Å². The summed E-state index contributed by atoms with van der Waals surface area (Å²) in [4.78, 5) is 26.0. The fourth-order valence-electron chi connectivity index (χ4n) is 3.18. The van der Waals surface area contributed by atoms with E-state index in [1.54, 1.807) is 4.90 Å². The number of amides is 2. The van der Waals surface area contributed by atoms with Gasteiger partial charge in [-0.15, -0.1) is 0 Å². The summed E-state index contributed by atoms with van der Waals surface area (Å²) in [6, 6.07) is 1.38. The maximum atomic E-state index is 13.7. The number of likely N-dealkylation sites (tertiary alicyclic amines) is 1. The lowest BCUT2D eigenvalue weighted by Crippen LogP contribution is -2.49. The molecule has 2 amide bonds. The second-order valence-corrected chi connectivity index (χ2v) is 6.30. The van der Waals surface area contributed by atoms with E-state index in [-0.39, 0.29) is 18.1 Å². The first kappa shape index (κ1) is 17.7. The molecule has 5 nitrogen and oxygen atoms in total. The fraction of sp³-hybridized carbons (Fsp3) is 0.529. The van der Waals surface area contributed by atoms with Crippen molar-refractivity contribution in [3.05, 3.63) is 35.1 Å². The molecule has 0 spiro atoms. The Balaban J connectivity index is 1.54. The van der Waals surface area contributed by atoms with Crippen molar-refractivity contribution in [2.75, 3.05) is 19.7 Å². The van der Waals surface area contributed by atoms with Crippen LogP contribution >= 0.6 is 0 Å². The lowest BCUT2D eigenvalue weighted by molar-refractivity contribution is -0.142. The van der Waals surface area contributed by atoms with Gasteiger partial charge in [-0.2, -0.15) is 0 Å². The Hall–Kier alpha value is -2.09. The summed E-state index contributed by atoms with van der Waals surface area (Å²) in [7, 11) is 0. The van der Waals surface area contributed by atoms with E-state index >= 15 is 0 Å². The van der Waals surface area contributed by atoms with Crippen molar-refractivity contribution in [3.8, 4) is 0 Å². The number of rotatable bonds is 3. The third-order valence-electron chi connectivity index (χ3n) is 4.63. The van der Waals surface area contributed by atoms with Crippen LogP contribution in [-0.2, 0) is 9.53 Å². The van der Waals surface area contributed by atoms with Crippen LogP contribution in [0.4, 0.5) is 13.2 Å². The SMILES string of the molecule is O=C(NC1CCN(C(=O)C2CCCO2)CC1)c1ccc(F)c(F)c1F. The molecular formula is C17H19F3N2O3. The van der Waals surface area contributed by atoms with Crippen molar-refractivity contribution in [3.63, 3.8) is 0 Å². The number of nitrogens with one attached hydrogen (secondary N) is 1. The highest BCUT2D eigenvalue weighted by molar-refractivity contribution is 5.94. The molecular weight excluding hydrogens is 337 g/mol. The molecule has 2 saturated heterocycles. The zero-order valence-electron chi connectivity index (χ0n) is 13.6. The van der Waals surface area contributed by atoms with Gasteiger partial charge in [-0.1, -0.05) is 0 Å². The van der Waals surface area contributed by atoms with Gasteiger partial charge in [0, 0.05) is 25.7 Å². The molecule has 2 aliphatic rings. The van der Waals surface area contributed by atoms with Gasteiger partial charge in [0.2, 0.25) is 0 Å². The number of carbonyl (C=O) groups excluding carboxylic acids is 2. The average molecular weight is 356 g/mol. The molecule has 1 aromatic carbocycles. The Kier molecular flexibility index (Phi) is 5.27. The third kappa shape index (κ3) is 3.78. The predicted molar refractivity (Wildman–Crippen MR) is 82.4 cm³/mol. The largest absolute Gasteiger partial charge is 0.368 e. The maximum absolute atomic E-state index is 13.7. The summed E-state index contributed by atoms with van der Waals surface area (Å²) >= 11 is 0. The number of hydrogen-bond acceptors (Lipinski definition) is 3. The Morgan fingerprint density at radius 3 is 2.44 bits per heavy atom. The van der Waals surface area contributed by atoms with Gasteiger partial charge in [-0.05, 0) is 37.8 Å². The zero-order valence-corrected chi connectivity index (χ0v) is 13.6. The second kappa shape index (κ2) is 7.43. The number of halogens is 3. The van der Waals surface area contributed by atoms with E-state index in [1.807, 2.05) is 0 Å². The molecule has 0 aliphatic carbocycles. The average Bonchev–Trinajstić information content (AvgIpc) is 3.14. The minimum Gasteiger partial charge on any atom is -0.368 e. The number of ether oxygens (including phenoxy) is 1. The Morgan fingerprint density at radius 1 is 1.08 bits per heavy atom. The van der Waals surface area contributed by atoms with Gasteiger partial charge in [0.05, 0.1) is 5.56 Å². The summed E-state index contributed by atoms with van der Waals surface area (Å²) in [5, 5.41) is 2.61. The first-order chi connectivity index (χ1) is 12.0. The highest BCUT2D eigenvalue weighted by atomic mass is 19.2. The van der Waals surface area contributed by atoms with Gasteiger partial charge in [0.25, 0.3) is 11.8 Å². The van der Waals surface area contributed by atoms with Crippen LogP contribution in [0, 0.1) is 17.5 Å². The third-order valence-corrected chi connectivity index (χ3v) is 4.63. The lowest BCUT2D eigenvalue weighted by atomic mass is 10.0. The smallest absolute Gasteiger partial charge is 0.254 e. The molecule has 8 heteroatoms. The Morgan fingerprint density at radius 2 is 1.80 bits per heavy atom. The molecule has 0 aromatic heterocycles. The van der Waals surface area contributed by atoms with Crippen LogP contribution in [0.2, 0.25) is 0 Å². The molecule has 0 saturated carbocycles. The molecule has 2 fully saturated rings. The Labute approximate surface area is 143 Å². The number of carbonyl (C=O) groups is 2. The molecule has 25 heavy (non-hydrogen) atoms. The van der Waals surface area contributed by atoms with Gasteiger partial charge in [-0.3, -0.25) is 9.59 Å². The van der Waals surface area contributed by atoms with E-state index in [2.05, 4.69) is 5.32 Å². The van der Waals surface area contributed by atoms with Crippen LogP contribution in [-0.4, -0.2) is 48.6 Å². The molecule has 2 heterocycles. The van der Waals surface area contributed by atoms with Gasteiger partial charge in [0.15, 0.2) is 17.5 Å². The van der Waals surface area contributed by atoms with Crippen molar-refractivity contribution in [1.82, 2.24) is 10.2 Å². The molecule has 0 bridgehead atoms. The van der Waals surface area contributed by atoms with Crippen LogP contribution in [0.15, 0.2) is 12.1 Å². The van der Waals surface area contributed by atoms with Crippen molar-refractivity contribution in [2.45, 2.75) is 37.8 Å². The van der Waals surface area contributed by atoms with Crippen molar-refractivity contribution >= 4 is 11.8 Å². The van der Waals surface area contributed by atoms with Crippen LogP contribution in [0.5, 0.6) is 0 Å². The molecule has 0 radical (unpaired) electrons. The summed E-state index contributed by atoms with van der Waals surface area (Å²) < 4.78 is 45.2. The molecule has 1 N–H and O–H groups in total. The number of nitrogens with zero attached hydrogens (tertiary/aromatic N) is 1. The molecule has 136 valence electrons. The zero-order chi connectivity index (χ0) is 18.0. The summed E-state index contributed by atoms with van der Waals surface area (Å²) in [5.74, 6) is -5.32. The standard InChI is InChI=1S/C17H19F3N2O3/c18-12-4-3-11(14(19)15(12)20)16(23)21-10-5-7-22(8-6-10)17(24)13-2-1-9-25-13/h3-4,10,13H,1-2,5-9H2,(H,21,23). The Bertz CT molecular complexity index is 669. The molecule has 1 atom stereocenters. The highest BCUT2D eigenvalue weighted by Crippen LogP contribution is 2.19. The topological polar surface area (TPSA) is 58.6 Å². The van der Waals surface area contributed by atoms with E-state index in [9.17, 15) is 22.8 Å². The van der Waals surface area contributed by atoms with Crippen LogP contribution < -0.4 is 5.32 Å². The number of benzene rings is 1. The summed E-state index contributed by atoms with van der Waals surface area (Å²) in [6.07, 6.45) is 2.25. The first-order valence-corrected chi connectivity index (χ1v) is 8.32. The van der Waals surface area contributed by atoms with Gasteiger partial charge in [0.1, 0.15) is 6.10 Å². The lowest BCUT2D eigenvalue weighted by Gasteiger charge is -2.33. The van der Waals surface area contributed by atoms with E-state index in [4.69, 9.17) is 4.74 Å². The predicted octanol–water partition coefficient (Wildman–Crippen LogP) is 2.00. The van der Waals surface area contributed by atoms with E-state index in [0.29, 0.717) is 32.5 Å². The fourth-order valence-corrected chi connectivity index (χ4v) is 3.18. The van der Waals surface area contributed by atoms with Crippen LogP contribution in [0.1, 0.15) is 36.0 Å². The minimum atomic E-state index is -1.66. The van der Waals surface area contributed by atoms with Gasteiger partial charge < -0.3 is 15.0 Å². The van der Waals surface area contributed by atoms with Gasteiger partial charge in [-0.25, -0.2) is 13.2 Å². The molecule has 3 rings (SSSR count). The summed E-state index contributed by atoms with van der Waals surface area (Å²) in [6.45, 7) is 1.52. The number of hydrogen-bond donors (Lipinski definition) is 1. The molecule has 1 aromatic rings. The van der Waals surface area contributed by atoms with E-state index in [0.717, 1.165) is 25.0 Å². The molecule has 2 aliphatic heterocycles. The van der Waals surface area contributed by atoms with E-state index in [1.165, 1.54) is 0 Å². The van der Waals surface area contributed by atoms with Gasteiger partial charge >= 0.3 is 0 Å². The summed E-state index contributed by atoms with van der Waals surface area (Å²) in [5.41, 5.74) is -0.531. The van der Waals surface area contributed by atoms with Crippen LogP contribution in [0.25, 0.3) is 0 Å². The highest BCUT2D eigenvalue weighted by Gasteiger charge is 2.31. The first-order valence-electron chi connectivity index (χ1n) is 8.32. The van der Waals surface area contributed by atoms with E-state index < -0.39 is 28.9 Å². The molecule has 1 unspecified atom stereocenters. The quantitative estimate of drug-likeness (QED) is 0.843. The monoisotopic (exact) mass is 356 g/mol.